The molecule has 1 aromatic carbocycles. The number of halogens is 1. The SMILES string of the molecule is O=CNSc1ccccc1F. The first-order valence-corrected chi connectivity index (χ1v) is 3.77. The Labute approximate surface area is 67.9 Å². The van der Waals surface area contributed by atoms with Crippen molar-refractivity contribution in [3.05, 3.63) is 30.1 Å². The first-order valence-electron chi connectivity index (χ1n) is 2.95. The van der Waals surface area contributed by atoms with Gasteiger partial charge in [0.05, 0.1) is 4.90 Å². The van der Waals surface area contributed by atoms with Crippen LogP contribution in [0.5, 0.6) is 0 Å². The molecule has 0 bridgehead atoms. The second kappa shape index (κ2) is 3.98. The van der Waals surface area contributed by atoms with Crippen LogP contribution in [0.3, 0.4) is 0 Å². The van der Waals surface area contributed by atoms with Gasteiger partial charge in [-0.15, -0.1) is 0 Å². The molecule has 0 spiro atoms. The van der Waals surface area contributed by atoms with E-state index in [4.69, 9.17) is 0 Å². The summed E-state index contributed by atoms with van der Waals surface area (Å²) in [6.45, 7) is 0. The van der Waals surface area contributed by atoms with Crippen molar-refractivity contribution >= 4 is 18.4 Å². The fourth-order valence-corrected chi connectivity index (χ4v) is 1.10. The van der Waals surface area contributed by atoms with Gasteiger partial charge in [-0.25, -0.2) is 4.39 Å². The lowest BCUT2D eigenvalue weighted by Gasteiger charge is -1.98. The smallest absolute Gasteiger partial charge is 0.217 e. The Bertz CT molecular complexity index is 254. The topological polar surface area (TPSA) is 29.1 Å². The van der Waals surface area contributed by atoms with Crippen molar-refractivity contribution in [3.63, 3.8) is 0 Å². The van der Waals surface area contributed by atoms with E-state index in [2.05, 4.69) is 4.72 Å². The predicted molar refractivity (Wildman–Crippen MR) is 41.5 cm³/mol. The Morgan fingerprint density at radius 2 is 2.18 bits per heavy atom. The van der Waals surface area contributed by atoms with Gasteiger partial charge in [-0.3, -0.25) is 9.52 Å². The summed E-state index contributed by atoms with van der Waals surface area (Å²) in [5.41, 5.74) is 0. The number of hydrogen-bond donors (Lipinski definition) is 1. The first-order chi connectivity index (χ1) is 5.34. The number of carbonyl (C=O) groups is 1. The van der Waals surface area contributed by atoms with Crippen LogP contribution in [0.15, 0.2) is 29.2 Å². The zero-order valence-corrected chi connectivity index (χ0v) is 6.40. The van der Waals surface area contributed by atoms with Gasteiger partial charge < -0.3 is 0 Å². The van der Waals surface area contributed by atoms with Crippen molar-refractivity contribution in [1.29, 1.82) is 0 Å². The summed E-state index contributed by atoms with van der Waals surface area (Å²) in [7, 11) is 0. The molecule has 4 heteroatoms. The van der Waals surface area contributed by atoms with Gasteiger partial charge in [0, 0.05) is 0 Å². The molecule has 0 aliphatic carbocycles. The fraction of sp³-hybridized carbons (Fsp3) is 0. The van der Waals surface area contributed by atoms with Gasteiger partial charge in [0.15, 0.2) is 0 Å². The van der Waals surface area contributed by atoms with Gasteiger partial charge in [0.1, 0.15) is 5.82 Å². The van der Waals surface area contributed by atoms with Gasteiger partial charge in [0.25, 0.3) is 0 Å². The van der Waals surface area contributed by atoms with E-state index in [0.717, 1.165) is 11.9 Å². The summed E-state index contributed by atoms with van der Waals surface area (Å²) < 4.78 is 15.0. The highest BCUT2D eigenvalue weighted by Gasteiger charge is 1.98. The zero-order valence-electron chi connectivity index (χ0n) is 5.58. The van der Waals surface area contributed by atoms with Crippen molar-refractivity contribution in [1.82, 2.24) is 4.72 Å². The summed E-state index contributed by atoms with van der Waals surface area (Å²) in [4.78, 5) is 10.3. The summed E-state index contributed by atoms with van der Waals surface area (Å²) in [6.07, 6.45) is 0.511. The van der Waals surface area contributed by atoms with Crippen molar-refractivity contribution in [3.8, 4) is 0 Å². The number of nitrogens with one attached hydrogen (secondary N) is 1. The highest BCUT2D eigenvalue weighted by molar-refractivity contribution is 7.97. The van der Waals surface area contributed by atoms with Gasteiger partial charge in [0.2, 0.25) is 6.41 Å². The first kappa shape index (κ1) is 8.07. The number of benzene rings is 1. The molecule has 0 aliphatic heterocycles. The number of amides is 1. The molecule has 1 aromatic rings. The van der Waals surface area contributed by atoms with E-state index in [1.807, 2.05) is 0 Å². The van der Waals surface area contributed by atoms with Gasteiger partial charge >= 0.3 is 0 Å². The molecule has 0 heterocycles. The van der Waals surface area contributed by atoms with E-state index >= 15 is 0 Å². The average molecular weight is 171 g/mol. The Balaban J connectivity index is 2.69. The highest BCUT2D eigenvalue weighted by Crippen LogP contribution is 2.16. The van der Waals surface area contributed by atoms with Crippen LogP contribution in [0.2, 0.25) is 0 Å². The molecule has 0 atom stereocenters. The molecule has 1 N–H and O–H groups in total. The third kappa shape index (κ3) is 2.23. The lowest BCUT2D eigenvalue weighted by molar-refractivity contribution is -0.107. The van der Waals surface area contributed by atoms with E-state index in [1.54, 1.807) is 18.2 Å². The quantitative estimate of drug-likeness (QED) is 0.552. The molecule has 1 rings (SSSR count). The minimum Gasteiger partial charge on any atom is -0.299 e. The number of rotatable bonds is 3. The van der Waals surface area contributed by atoms with Gasteiger partial charge in [-0.1, -0.05) is 12.1 Å². The van der Waals surface area contributed by atoms with Crippen LogP contribution in [0.4, 0.5) is 4.39 Å². The number of carbonyl (C=O) groups excluding carboxylic acids is 1. The maximum Gasteiger partial charge on any atom is 0.217 e. The Hall–Kier alpha value is -1.03. The monoisotopic (exact) mass is 171 g/mol. The molecule has 0 aliphatic rings. The van der Waals surface area contributed by atoms with E-state index in [-0.39, 0.29) is 5.82 Å². The minimum atomic E-state index is -0.327. The zero-order chi connectivity index (χ0) is 8.10. The highest BCUT2D eigenvalue weighted by atomic mass is 32.2. The van der Waals surface area contributed by atoms with Gasteiger partial charge in [-0.2, -0.15) is 0 Å². The second-order valence-corrected chi connectivity index (χ2v) is 2.65. The number of hydrogen-bond acceptors (Lipinski definition) is 2. The van der Waals surface area contributed by atoms with E-state index in [0.29, 0.717) is 11.3 Å². The average Bonchev–Trinajstić information content (AvgIpc) is 2.03. The van der Waals surface area contributed by atoms with Crippen LogP contribution < -0.4 is 4.72 Å². The molecule has 0 fully saturated rings. The third-order valence-corrected chi connectivity index (χ3v) is 1.82. The van der Waals surface area contributed by atoms with E-state index in [1.165, 1.54) is 6.07 Å². The molecule has 0 saturated heterocycles. The molecule has 0 saturated carbocycles. The van der Waals surface area contributed by atoms with Crippen LogP contribution in [0, 0.1) is 5.82 Å². The fourth-order valence-electron chi connectivity index (χ4n) is 0.615. The molecule has 2 nitrogen and oxygen atoms in total. The van der Waals surface area contributed by atoms with E-state index < -0.39 is 0 Å². The third-order valence-electron chi connectivity index (χ3n) is 1.05. The lowest BCUT2D eigenvalue weighted by Crippen LogP contribution is -1.97. The van der Waals surface area contributed by atoms with Crippen LogP contribution in [-0.4, -0.2) is 6.41 Å². The Kier molecular flexibility index (Phi) is 2.92. The second-order valence-electron chi connectivity index (χ2n) is 1.77. The van der Waals surface area contributed by atoms with Crippen molar-refractivity contribution < 1.29 is 9.18 Å². The largest absolute Gasteiger partial charge is 0.299 e. The molecule has 0 unspecified atom stereocenters. The normalized spacial score (nSPS) is 9.18. The molecule has 58 valence electrons. The summed E-state index contributed by atoms with van der Waals surface area (Å²) >= 11 is 0.954. The standard InChI is InChI=1S/C7H6FNOS/c8-6-3-1-2-4-7(6)11-9-5-10/h1-5H,(H,9,10). The summed E-state index contributed by atoms with van der Waals surface area (Å²) in [5, 5.41) is 0. The van der Waals surface area contributed by atoms with Crippen LogP contribution >= 0.6 is 11.9 Å². The molecule has 0 radical (unpaired) electrons. The lowest BCUT2D eigenvalue weighted by atomic mass is 10.4. The van der Waals surface area contributed by atoms with Crippen molar-refractivity contribution in [2.24, 2.45) is 0 Å². The maximum atomic E-state index is 12.7. The minimum absolute atomic E-state index is 0.327. The Morgan fingerprint density at radius 1 is 1.45 bits per heavy atom. The van der Waals surface area contributed by atoms with E-state index in [9.17, 15) is 9.18 Å². The van der Waals surface area contributed by atoms with Crippen LogP contribution in [0.25, 0.3) is 0 Å². The van der Waals surface area contributed by atoms with Crippen molar-refractivity contribution in [2.75, 3.05) is 0 Å². The molecule has 0 aromatic heterocycles. The van der Waals surface area contributed by atoms with Crippen molar-refractivity contribution in [2.45, 2.75) is 4.90 Å². The molecular formula is C7H6FNOS. The summed E-state index contributed by atoms with van der Waals surface area (Å²) in [5.74, 6) is -0.327. The van der Waals surface area contributed by atoms with Crippen LogP contribution in [-0.2, 0) is 4.79 Å². The molecular weight excluding hydrogens is 165 g/mol. The molecule has 1 amide bonds. The summed E-state index contributed by atoms with van der Waals surface area (Å²) in [6, 6.07) is 6.24. The van der Waals surface area contributed by atoms with Gasteiger partial charge in [-0.05, 0) is 24.1 Å². The predicted octanol–water partition coefficient (Wildman–Crippen LogP) is 1.58. The Morgan fingerprint density at radius 3 is 2.82 bits per heavy atom. The molecule has 11 heavy (non-hydrogen) atoms. The van der Waals surface area contributed by atoms with Crippen LogP contribution in [0.1, 0.15) is 0 Å². The maximum absolute atomic E-state index is 12.7.